The molecule has 4 aliphatic heterocycles. The average molecular weight is 777 g/mol. The second kappa shape index (κ2) is 16.0. The van der Waals surface area contributed by atoms with Crippen LogP contribution in [0.2, 0.25) is 5.02 Å². The summed E-state index contributed by atoms with van der Waals surface area (Å²) in [6.07, 6.45) is 5.96. The highest BCUT2D eigenvalue weighted by Gasteiger charge is 2.45. The van der Waals surface area contributed by atoms with Gasteiger partial charge >= 0.3 is 0 Å². The fourth-order valence-corrected chi connectivity index (χ4v) is 9.12. The minimum absolute atomic E-state index is 0.0427. The van der Waals surface area contributed by atoms with Gasteiger partial charge in [0.1, 0.15) is 12.1 Å². The van der Waals surface area contributed by atoms with Crippen molar-refractivity contribution in [1.82, 2.24) is 20.4 Å². The van der Waals surface area contributed by atoms with Gasteiger partial charge in [-0.2, -0.15) is 5.26 Å². The number of fused-ring (bicyclic) bond motifs is 1. The van der Waals surface area contributed by atoms with Gasteiger partial charge in [-0.05, 0) is 106 Å². The number of imide groups is 2. The fraction of sp³-hybridized carbons (Fsp3) is 0.429. The standard InChI is InChI=1S/C42H45ClN8O5/c43-36-23-30(4-1-27(36)25-44)45-28-5-7-29(8-6-28)46-39(53)26-2-9-31(10-3-26)48-17-15-32(16-18-48)49-19-21-50(22-20-49)33-11-12-34-35(24-33)42(56)51(41(34)55)37-13-14-38(52)47-40(37)54/h1-4,9-12,23-24,28-29,32,37,45H,5-8,13-22H2,(H,46,53)(H,47,52,54). The van der Waals surface area contributed by atoms with Gasteiger partial charge in [0.15, 0.2) is 0 Å². The number of nitrogens with zero attached hydrogens (tertiary/aromatic N) is 5. The van der Waals surface area contributed by atoms with Crippen molar-refractivity contribution in [3.8, 4) is 6.07 Å². The summed E-state index contributed by atoms with van der Waals surface area (Å²) in [4.78, 5) is 71.8. The number of carbonyl (C=O) groups is 5. The summed E-state index contributed by atoms with van der Waals surface area (Å²) in [5.41, 5.74) is 4.64. The molecule has 3 aromatic carbocycles. The predicted molar refractivity (Wildman–Crippen MR) is 212 cm³/mol. The molecule has 3 saturated heterocycles. The molecule has 0 spiro atoms. The van der Waals surface area contributed by atoms with Crippen LogP contribution in [0.5, 0.6) is 0 Å². The van der Waals surface area contributed by atoms with E-state index in [9.17, 15) is 24.0 Å². The number of hydrogen-bond acceptors (Lipinski definition) is 10. The van der Waals surface area contributed by atoms with Crippen molar-refractivity contribution in [1.29, 1.82) is 5.26 Å². The predicted octanol–water partition coefficient (Wildman–Crippen LogP) is 4.56. The van der Waals surface area contributed by atoms with E-state index >= 15 is 0 Å². The molecule has 13 nitrogen and oxygen atoms in total. The fourth-order valence-electron chi connectivity index (χ4n) is 8.90. The molecule has 8 rings (SSSR count). The zero-order valence-corrected chi connectivity index (χ0v) is 31.9. The van der Waals surface area contributed by atoms with Crippen LogP contribution < -0.4 is 25.8 Å². The second-order valence-corrected chi connectivity index (χ2v) is 15.8. The molecule has 1 aliphatic carbocycles. The van der Waals surface area contributed by atoms with Crippen LogP contribution in [0.4, 0.5) is 17.1 Å². The van der Waals surface area contributed by atoms with Crippen LogP contribution in [0, 0.1) is 11.3 Å². The summed E-state index contributed by atoms with van der Waals surface area (Å²) in [5, 5.41) is 18.5. The molecule has 1 unspecified atom stereocenters. The van der Waals surface area contributed by atoms with E-state index in [1.807, 2.05) is 24.3 Å². The Morgan fingerprint density at radius 2 is 1.39 bits per heavy atom. The molecule has 3 aromatic rings. The quantitative estimate of drug-likeness (QED) is 0.277. The Hall–Kier alpha value is -5.45. The van der Waals surface area contributed by atoms with Crippen molar-refractivity contribution in [3.63, 3.8) is 0 Å². The Labute approximate surface area is 330 Å². The number of amides is 5. The maximum atomic E-state index is 13.3. The number of benzene rings is 3. The van der Waals surface area contributed by atoms with E-state index in [0.29, 0.717) is 39.4 Å². The number of carbonyl (C=O) groups excluding carboxylic acids is 5. The van der Waals surface area contributed by atoms with Crippen LogP contribution in [-0.4, -0.2) is 103 Å². The minimum Gasteiger partial charge on any atom is -0.382 e. The van der Waals surface area contributed by atoms with Crippen LogP contribution in [0.25, 0.3) is 0 Å². The van der Waals surface area contributed by atoms with Crippen LogP contribution in [-0.2, 0) is 9.59 Å². The molecule has 5 amide bonds. The zero-order chi connectivity index (χ0) is 38.9. The molecule has 0 radical (unpaired) electrons. The third kappa shape index (κ3) is 7.68. The molecular formula is C42H45ClN8O5. The first-order valence-electron chi connectivity index (χ1n) is 19.6. The molecule has 1 atom stereocenters. The van der Waals surface area contributed by atoms with Crippen molar-refractivity contribution in [3.05, 3.63) is 87.9 Å². The molecule has 56 heavy (non-hydrogen) atoms. The molecule has 4 heterocycles. The van der Waals surface area contributed by atoms with Gasteiger partial charge in [0, 0.05) is 86.4 Å². The molecule has 0 aromatic heterocycles. The number of hydrogen-bond donors (Lipinski definition) is 3. The number of nitrogens with one attached hydrogen (secondary N) is 3. The van der Waals surface area contributed by atoms with Gasteiger partial charge in [0.25, 0.3) is 17.7 Å². The normalized spacial score (nSPS) is 23.4. The topological polar surface area (TPSA) is 158 Å². The van der Waals surface area contributed by atoms with Gasteiger partial charge < -0.3 is 20.4 Å². The van der Waals surface area contributed by atoms with Gasteiger partial charge in [-0.1, -0.05) is 11.6 Å². The van der Waals surface area contributed by atoms with Crippen LogP contribution in [0.15, 0.2) is 60.7 Å². The Balaban J connectivity index is 0.772. The van der Waals surface area contributed by atoms with Crippen molar-refractivity contribution in [2.24, 2.45) is 0 Å². The Kier molecular flexibility index (Phi) is 10.7. The lowest BCUT2D eigenvalue weighted by Crippen LogP contribution is -2.54. The summed E-state index contributed by atoms with van der Waals surface area (Å²) >= 11 is 6.19. The highest BCUT2D eigenvalue weighted by atomic mass is 35.5. The van der Waals surface area contributed by atoms with E-state index < -0.39 is 29.7 Å². The van der Waals surface area contributed by atoms with Crippen LogP contribution in [0.1, 0.15) is 88.0 Å². The van der Waals surface area contributed by atoms with E-state index in [0.717, 1.165) is 99.8 Å². The van der Waals surface area contributed by atoms with E-state index in [1.165, 1.54) is 0 Å². The lowest BCUT2D eigenvalue weighted by Gasteiger charge is -2.44. The largest absolute Gasteiger partial charge is 0.382 e. The van der Waals surface area contributed by atoms with E-state index in [2.05, 4.69) is 48.9 Å². The van der Waals surface area contributed by atoms with Gasteiger partial charge in [-0.25, -0.2) is 0 Å². The molecule has 14 heteroatoms. The first-order chi connectivity index (χ1) is 27.1. The molecule has 4 fully saturated rings. The third-order valence-electron chi connectivity index (χ3n) is 12.1. The van der Waals surface area contributed by atoms with Gasteiger partial charge in [-0.15, -0.1) is 0 Å². The number of nitriles is 1. The van der Waals surface area contributed by atoms with Crippen molar-refractivity contribution in [2.75, 3.05) is 54.4 Å². The zero-order valence-electron chi connectivity index (χ0n) is 31.1. The molecule has 3 N–H and O–H groups in total. The lowest BCUT2D eigenvalue weighted by atomic mass is 9.90. The molecule has 1 saturated carbocycles. The Morgan fingerprint density at radius 1 is 0.732 bits per heavy atom. The van der Waals surface area contributed by atoms with E-state index in [-0.39, 0.29) is 24.8 Å². The summed E-state index contributed by atoms with van der Waals surface area (Å²) in [5.74, 6) is -2.02. The van der Waals surface area contributed by atoms with Crippen molar-refractivity contribution >= 4 is 58.2 Å². The van der Waals surface area contributed by atoms with Crippen molar-refractivity contribution in [2.45, 2.75) is 75.5 Å². The van der Waals surface area contributed by atoms with Gasteiger partial charge in [-0.3, -0.25) is 39.1 Å². The third-order valence-corrected chi connectivity index (χ3v) is 12.4. The number of anilines is 3. The SMILES string of the molecule is N#Cc1ccc(NC2CCC(NC(=O)c3ccc(N4CCC(N5CCN(c6ccc7c(c6)C(=O)N(C6CCC(=O)NC6=O)C7=O)CC5)CC4)cc3)CC2)cc1Cl. The molecular weight excluding hydrogens is 732 g/mol. The first kappa shape index (κ1) is 37.5. The highest BCUT2D eigenvalue weighted by molar-refractivity contribution is 6.32. The minimum atomic E-state index is -0.973. The Bertz CT molecular complexity index is 2080. The number of rotatable bonds is 8. The second-order valence-electron chi connectivity index (χ2n) is 15.4. The molecule has 5 aliphatic rings. The van der Waals surface area contributed by atoms with E-state index in [4.69, 9.17) is 16.9 Å². The van der Waals surface area contributed by atoms with Gasteiger partial charge in [0.05, 0.1) is 21.7 Å². The summed E-state index contributed by atoms with van der Waals surface area (Å²) in [6, 6.07) is 20.7. The van der Waals surface area contributed by atoms with Crippen molar-refractivity contribution < 1.29 is 24.0 Å². The van der Waals surface area contributed by atoms with Crippen LogP contribution >= 0.6 is 11.6 Å². The van der Waals surface area contributed by atoms with Gasteiger partial charge in [0.2, 0.25) is 11.8 Å². The summed E-state index contributed by atoms with van der Waals surface area (Å²) in [7, 11) is 0. The first-order valence-corrected chi connectivity index (χ1v) is 20.0. The number of halogens is 1. The van der Waals surface area contributed by atoms with Crippen LogP contribution in [0.3, 0.4) is 0 Å². The lowest BCUT2D eigenvalue weighted by molar-refractivity contribution is -0.136. The highest BCUT2D eigenvalue weighted by Crippen LogP contribution is 2.32. The summed E-state index contributed by atoms with van der Waals surface area (Å²) < 4.78 is 0. The summed E-state index contributed by atoms with van der Waals surface area (Å²) in [6.45, 7) is 5.26. The van der Waals surface area contributed by atoms with E-state index in [1.54, 1.807) is 24.3 Å². The molecule has 290 valence electrons. The maximum Gasteiger partial charge on any atom is 0.262 e. The number of piperazine rings is 1. The molecule has 0 bridgehead atoms. The maximum absolute atomic E-state index is 13.3. The smallest absolute Gasteiger partial charge is 0.262 e. The Morgan fingerprint density at radius 3 is 2.07 bits per heavy atom. The average Bonchev–Trinajstić information content (AvgIpc) is 3.46. The number of piperidine rings is 2. The monoisotopic (exact) mass is 776 g/mol.